The van der Waals surface area contributed by atoms with Crippen molar-refractivity contribution in [2.24, 2.45) is 0 Å². The third-order valence-corrected chi connectivity index (χ3v) is 3.84. The van der Waals surface area contributed by atoms with Crippen LogP contribution in [0, 0.1) is 0 Å². The number of aromatic nitrogens is 1. The number of hydrogen-bond acceptors (Lipinski definition) is 5. The van der Waals surface area contributed by atoms with Gasteiger partial charge in [-0.25, -0.2) is 4.79 Å². The lowest BCUT2D eigenvalue weighted by Gasteiger charge is -2.29. The van der Waals surface area contributed by atoms with Gasteiger partial charge in [-0.2, -0.15) is 0 Å². The molecule has 0 saturated carbocycles. The van der Waals surface area contributed by atoms with Crippen molar-refractivity contribution in [1.82, 2.24) is 10.1 Å². The second-order valence-electron chi connectivity index (χ2n) is 5.50. The summed E-state index contributed by atoms with van der Waals surface area (Å²) in [5.74, 6) is -0.00483. The van der Waals surface area contributed by atoms with Crippen molar-refractivity contribution in [3.05, 3.63) is 36.0 Å². The van der Waals surface area contributed by atoms with Crippen LogP contribution in [0.1, 0.15) is 23.3 Å². The van der Waals surface area contributed by atoms with Gasteiger partial charge in [0.15, 0.2) is 11.5 Å². The number of likely N-dealkylation sites (tertiary alicyclic amines) is 1. The maximum Gasteiger partial charge on any atom is 0.358 e. The molecule has 1 aliphatic rings. The molecular weight excluding hydrogens is 284 g/mol. The summed E-state index contributed by atoms with van der Waals surface area (Å²) in [6, 6.07) is 8.88. The molecule has 22 heavy (non-hydrogen) atoms. The van der Waals surface area contributed by atoms with Gasteiger partial charge in [0.05, 0.1) is 5.56 Å². The lowest BCUT2D eigenvalue weighted by Crippen LogP contribution is -2.35. The molecule has 6 nitrogen and oxygen atoms in total. The highest BCUT2D eigenvalue weighted by Crippen LogP contribution is 2.32. The minimum atomic E-state index is -1.11. The van der Waals surface area contributed by atoms with Crippen LogP contribution in [0.2, 0.25) is 0 Å². The molecule has 1 fully saturated rings. The van der Waals surface area contributed by atoms with E-state index >= 15 is 0 Å². The summed E-state index contributed by atoms with van der Waals surface area (Å²) in [5.41, 5.74) is 0.616. The van der Waals surface area contributed by atoms with Crippen molar-refractivity contribution in [2.75, 3.05) is 20.1 Å². The summed E-state index contributed by atoms with van der Waals surface area (Å²) >= 11 is 0. The van der Waals surface area contributed by atoms with Gasteiger partial charge < -0.3 is 19.3 Å². The summed E-state index contributed by atoms with van der Waals surface area (Å²) in [6.07, 6.45) is 2.11. The predicted molar refractivity (Wildman–Crippen MR) is 80.0 cm³/mol. The maximum atomic E-state index is 10.9. The fourth-order valence-electron chi connectivity index (χ4n) is 2.56. The Kier molecular flexibility index (Phi) is 4.11. The van der Waals surface area contributed by atoms with Gasteiger partial charge >= 0.3 is 5.97 Å². The van der Waals surface area contributed by atoms with Crippen molar-refractivity contribution in [3.63, 3.8) is 0 Å². The van der Waals surface area contributed by atoms with Crippen LogP contribution in [0.3, 0.4) is 0 Å². The van der Waals surface area contributed by atoms with Gasteiger partial charge in [-0.3, -0.25) is 0 Å². The lowest BCUT2D eigenvalue weighted by molar-refractivity contribution is 0.0686. The zero-order chi connectivity index (χ0) is 15.5. The van der Waals surface area contributed by atoms with E-state index in [0.717, 1.165) is 31.5 Å². The minimum Gasteiger partial charge on any atom is -0.490 e. The van der Waals surface area contributed by atoms with Gasteiger partial charge in [-0.1, -0.05) is 17.3 Å². The summed E-state index contributed by atoms with van der Waals surface area (Å²) in [7, 11) is 2.10. The number of ether oxygens (including phenoxy) is 1. The zero-order valence-electron chi connectivity index (χ0n) is 12.4. The van der Waals surface area contributed by atoms with E-state index < -0.39 is 5.97 Å². The first-order valence-corrected chi connectivity index (χ1v) is 7.28. The number of carboxylic acid groups (broad SMARTS) is 1. The van der Waals surface area contributed by atoms with Gasteiger partial charge in [0, 0.05) is 19.2 Å². The highest BCUT2D eigenvalue weighted by Gasteiger charge is 2.21. The molecule has 2 aromatic rings. The number of aromatic carboxylic acids is 1. The molecule has 1 aromatic heterocycles. The van der Waals surface area contributed by atoms with Crippen LogP contribution in [0.4, 0.5) is 0 Å². The molecule has 0 unspecified atom stereocenters. The average Bonchev–Trinajstić information content (AvgIpc) is 3.00. The van der Waals surface area contributed by atoms with Gasteiger partial charge in [0.25, 0.3) is 0 Å². The van der Waals surface area contributed by atoms with Gasteiger partial charge in [0.2, 0.25) is 0 Å². The molecule has 1 N–H and O–H groups in total. The molecule has 116 valence electrons. The van der Waals surface area contributed by atoms with Crippen molar-refractivity contribution < 1.29 is 19.2 Å². The highest BCUT2D eigenvalue weighted by molar-refractivity contribution is 5.86. The van der Waals surface area contributed by atoms with Gasteiger partial charge in [0.1, 0.15) is 11.9 Å². The van der Waals surface area contributed by atoms with Crippen molar-refractivity contribution in [3.8, 4) is 17.1 Å². The molecule has 0 bridgehead atoms. The molecule has 0 amide bonds. The molecule has 6 heteroatoms. The number of piperidine rings is 1. The second kappa shape index (κ2) is 6.19. The summed E-state index contributed by atoms with van der Waals surface area (Å²) in [4.78, 5) is 13.2. The van der Waals surface area contributed by atoms with Crippen LogP contribution < -0.4 is 4.74 Å². The van der Waals surface area contributed by atoms with Gasteiger partial charge in [-0.05, 0) is 32.0 Å². The monoisotopic (exact) mass is 302 g/mol. The quantitative estimate of drug-likeness (QED) is 0.935. The normalized spacial score (nSPS) is 16.6. The van der Waals surface area contributed by atoms with Crippen LogP contribution >= 0.6 is 0 Å². The molecule has 1 aromatic carbocycles. The Morgan fingerprint density at radius 3 is 2.77 bits per heavy atom. The van der Waals surface area contributed by atoms with Crippen molar-refractivity contribution in [1.29, 1.82) is 0 Å². The van der Waals surface area contributed by atoms with E-state index in [1.165, 1.54) is 6.07 Å². The number of rotatable bonds is 4. The smallest absolute Gasteiger partial charge is 0.358 e. The van der Waals surface area contributed by atoms with Crippen LogP contribution in [0.25, 0.3) is 11.3 Å². The van der Waals surface area contributed by atoms with E-state index in [4.69, 9.17) is 14.4 Å². The summed E-state index contributed by atoms with van der Waals surface area (Å²) < 4.78 is 11.2. The molecule has 0 radical (unpaired) electrons. The zero-order valence-corrected chi connectivity index (χ0v) is 12.4. The number of nitrogens with zero attached hydrogens (tertiary/aromatic N) is 2. The molecule has 0 aliphatic carbocycles. The van der Waals surface area contributed by atoms with E-state index in [1.807, 2.05) is 24.3 Å². The molecule has 1 aliphatic heterocycles. The molecule has 3 rings (SSSR count). The first-order chi connectivity index (χ1) is 10.6. The fraction of sp³-hybridized carbons (Fsp3) is 0.375. The van der Waals surface area contributed by atoms with E-state index in [-0.39, 0.29) is 11.8 Å². The molecule has 0 spiro atoms. The summed E-state index contributed by atoms with van der Waals surface area (Å²) in [5, 5.41) is 12.5. The van der Waals surface area contributed by atoms with E-state index in [0.29, 0.717) is 11.5 Å². The highest BCUT2D eigenvalue weighted by atomic mass is 16.5. The van der Waals surface area contributed by atoms with E-state index in [1.54, 1.807) is 0 Å². The van der Waals surface area contributed by atoms with Crippen LogP contribution in [0.5, 0.6) is 5.75 Å². The third kappa shape index (κ3) is 3.12. The average molecular weight is 302 g/mol. The second-order valence-corrected chi connectivity index (χ2v) is 5.50. The molecule has 0 atom stereocenters. The largest absolute Gasteiger partial charge is 0.490 e. The molecular formula is C16H18N2O4. The Balaban J connectivity index is 1.81. The predicted octanol–water partition coefficient (Wildman–Crippen LogP) is 2.51. The Labute approximate surface area is 128 Å². The van der Waals surface area contributed by atoms with Crippen LogP contribution in [0.15, 0.2) is 34.9 Å². The van der Waals surface area contributed by atoms with E-state index in [9.17, 15) is 4.79 Å². The minimum absolute atomic E-state index is 0.107. The first kappa shape index (κ1) is 14.6. The number of carbonyl (C=O) groups is 1. The Morgan fingerprint density at radius 2 is 2.09 bits per heavy atom. The topological polar surface area (TPSA) is 75.8 Å². The Hall–Kier alpha value is -2.34. The molecule has 2 heterocycles. The van der Waals surface area contributed by atoms with Crippen molar-refractivity contribution >= 4 is 5.97 Å². The van der Waals surface area contributed by atoms with Gasteiger partial charge in [-0.15, -0.1) is 0 Å². The van der Waals surface area contributed by atoms with Crippen molar-refractivity contribution in [2.45, 2.75) is 18.9 Å². The molecule has 1 saturated heterocycles. The SMILES string of the molecule is CN1CCC(Oc2ccccc2-c2cc(C(=O)O)no2)CC1. The summed E-state index contributed by atoms with van der Waals surface area (Å²) in [6.45, 7) is 2.02. The number of benzene rings is 1. The first-order valence-electron chi connectivity index (χ1n) is 7.28. The van der Waals surface area contributed by atoms with Crippen LogP contribution in [-0.4, -0.2) is 47.4 Å². The number of hydrogen-bond donors (Lipinski definition) is 1. The fourth-order valence-corrected chi connectivity index (χ4v) is 2.56. The Morgan fingerprint density at radius 1 is 1.36 bits per heavy atom. The number of carboxylic acids is 1. The Bertz CT molecular complexity index is 660. The third-order valence-electron chi connectivity index (χ3n) is 3.84. The standard InChI is InChI=1S/C16H18N2O4/c1-18-8-6-11(7-9-18)21-14-5-3-2-4-12(14)15-10-13(16(19)20)17-22-15/h2-5,10-11H,6-9H2,1H3,(H,19,20). The lowest BCUT2D eigenvalue weighted by atomic mass is 10.1. The maximum absolute atomic E-state index is 10.9. The van der Waals surface area contributed by atoms with Crippen LogP contribution in [-0.2, 0) is 0 Å². The number of para-hydroxylation sites is 1. The van der Waals surface area contributed by atoms with E-state index in [2.05, 4.69) is 17.1 Å².